The van der Waals surface area contributed by atoms with Crippen LogP contribution in [0.4, 0.5) is 21.5 Å². The molecular formula is C30H26Cl3FN8OS. The van der Waals surface area contributed by atoms with Gasteiger partial charge in [-0.15, -0.1) is 11.3 Å². The lowest BCUT2D eigenvalue weighted by Crippen LogP contribution is -2.39. The molecule has 0 bridgehead atoms. The summed E-state index contributed by atoms with van der Waals surface area (Å²) in [7, 11) is 0. The van der Waals surface area contributed by atoms with Crippen molar-refractivity contribution in [3.8, 4) is 6.07 Å². The number of benzene rings is 2. The van der Waals surface area contributed by atoms with Crippen LogP contribution in [-0.2, 0) is 17.7 Å². The van der Waals surface area contributed by atoms with Crippen molar-refractivity contribution in [1.82, 2.24) is 26.3 Å². The lowest BCUT2D eigenvalue weighted by Gasteiger charge is -2.32. The van der Waals surface area contributed by atoms with E-state index >= 15 is 4.39 Å². The van der Waals surface area contributed by atoms with Gasteiger partial charge in [0.1, 0.15) is 6.07 Å². The van der Waals surface area contributed by atoms with E-state index < -0.39 is 5.82 Å². The summed E-state index contributed by atoms with van der Waals surface area (Å²) < 4.78 is 20.7. The Kier molecular flexibility index (Phi) is 8.16. The predicted molar refractivity (Wildman–Crippen MR) is 173 cm³/mol. The number of ether oxygens (including phenoxy) is 1. The maximum atomic E-state index is 15.0. The van der Waals surface area contributed by atoms with E-state index in [9.17, 15) is 5.26 Å². The summed E-state index contributed by atoms with van der Waals surface area (Å²) in [6.45, 7) is 3.51. The van der Waals surface area contributed by atoms with Crippen LogP contribution >= 0.6 is 46.1 Å². The fourth-order valence-electron chi connectivity index (χ4n) is 5.96. The van der Waals surface area contributed by atoms with Gasteiger partial charge < -0.3 is 26.2 Å². The number of hydrogen-bond donors (Lipinski definition) is 5. The van der Waals surface area contributed by atoms with E-state index in [0.29, 0.717) is 33.3 Å². The number of nitriles is 1. The first-order valence-corrected chi connectivity index (χ1v) is 16.0. The van der Waals surface area contributed by atoms with Gasteiger partial charge in [0.15, 0.2) is 5.82 Å². The van der Waals surface area contributed by atoms with Crippen LogP contribution in [0.3, 0.4) is 0 Å². The molecule has 0 amide bonds. The third-order valence-electron chi connectivity index (χ3n) is 8.21. The highest BCUT2D eigenvalue weighted by molar-refractivity contribution is 7.10. The predicted octanol–water partition coefficient (Wildman–Crippen LogP) is 6.76. The number of anilines is 3. The fourth-order valence-corrected chi connectivity index (χ4v) is 7.69. The molecule has 0 saturated carbocycles. The van der Waals surface area contributed by atoms with Gasteiger partial charge in [-0.1, -0.05) is 34.8 Å². The third-order valence-corrected chi connectivity index (χ3v) is 10.3. The van der Waals surface area contributed by atoms with E-state index in [4.69, 9.17) is 39.5 Å². The van der Waals surface area contributed by atoms with E-state index in [1.807, 2.05) is 12.3 Å². The Morgan fingerprint density at radius 2 is 2.11 bits per heavy atom. The Bertz CT molecular complexity index is 1840. The van der Waals surface area contributed by atoms with Gasteiger partial charge in [-0.25, -0.2) is 4.39 Å². The molecule has 1 saturated heterocycles. The maximum absolute atomic E-state index is 15.0. The molecule has 14 heteroatoms. The normalized spacial score (nSPS) is 18.7. The van der Waals surface area contributed by atoms with Gasteiger partial charge in [0.25, 0.3) is 0 Å². The first kappa shape index (κ1) is 29.4. The van der Waals surface area contributed by atoms with Gasteiger partial charge in [-0.3, -0.25) is 9.88 Å². The Morgan fingerprint density at radius 3 is 2.89 bits per heavy atom. The summed E-state index contributed by atoms with van der Waals surface area (Å²) in [5.41, 5.74) is 14.4. The Hall–Kier alpha value is -3.34. The smallest absolute Gasteiger partial charge is 0.166 e. The van der Waals surface area contributed by atoms with Gasteiger partial charge in [-0.05, 0) is 53.6 Å². The van der Waals surface area contributed by atoms with Crippen molar-refractivity contribution in [3.05, 3.63) is 90.2 Å². The van der Waals surface area contributed by atoms with E-state index in [1.165, 1.54) is 34.3 Å². The zero-order valence-electron chi connectivity index (χ0n) is 23.1. The molecule has 2 aromatic carbocycles. The molecule has 3 aliphatic heterocycles. The monoisotopic (exact) mass is 670 g/mol. The van der Waals surface area contributed by atoms with Crippen LogP contribution in [0.5, 0.6) is 0 Å². The fraction of sp³-hybridized carbons (Fsp3) is 0.267. The maximum Gasteiger partial charge on any atom is 0.166 e. The van der Waals surface area contributed by atoms with E-state index in [-0.39, 0.29) is 27.3 Å². The summed E-state index contributed by atoms with van der Waals surface area (Å²) in [4.78, 5) is 8.32. The molecule has 44 heavy (non-hydrogen) atoms. The third kappa shape index (κ3) is 5.41. The highest BCUT2D eigenvalue weighted by Gasteiger charge is 2.32. The quantitative estimate of drug-likeness (QED) is 0.136. The zero-order valence-corrected chi connectivity index (χ0v) is 26.2. The van der Waals surface area contributed by atoms with Gasteiger partial charge in [0.05, 0.1) is 55.9 Å². The highest BCUT2D eigenvalue weighted by atomic mass is 35.5. The number of nitrogens with one attached hydrogen (secondary N) is 5. The number of hydrogen-bond acceptors (Lipinski definition) is 10. The second kappa shape index (κ2) is 12.2. The second-order valence-electron chi connectivity index (χ2n) is 10.8. The molecule has 9 nitrogen and oxygen atoms in total. The number of halogens is 4. The number of fused-ring (bicyclic) bond motifs is 2. The molecule has 0 spiro atoms. The van der Waals surface area contributed by atoms with Gasteiger partial charge in [-0.2, -0.15) is 10.8 Å². The number of nitrogens with zero attached hydrogens (tertiary/aromatic N) is 3. The molecule has 7 rings (SSSR count). The summed E-state index contributed by atoms with van der Waals surface area (Å²) >= 11 is 20.6. The van der Waals surface area contributed by atoms with Gasteiger partial charge in [0.2, 0.25) is 0 Å². The molecule has 5 heterocycles. The van der Waals surface area contributed by atoms with E-state index in [0.717, 1.165) is 44.8 Å². The number of aromatic nitrogens is 1. The van der Waals surface area contributed by atoms with Crippen molar-refractivity contribution >= 4 is 74.1 Å². The average Bonchev–Trinajstić information content (AvgIpc) is 3.83. The van der Waals surface area contributed by atoms with Crippen molar-refractivity contribution in [2.24, 2.45) is 0 Å². The minimum Gasteiger partial charge on any atom is -0.380 e. The van der Waals surface area contributed by atoms with E-state index in [1.54, 1.807) is 17.4 Å². The summed E-state index contributed by atoms with van der Waals surface area (Å²) in [6, 6.07) is 8.99. The Balaban J connectivity index is 1.26. The number of pyridine rings is 1. The van der Waals surface area contributed by atoms with Crippen LogP contribution in [0.25, 0.3) is 10.9 Å². The van der Waals surface area contributed by atoms with Crippen molar-refractivity contribution in [1.29, 1.82) is 5.26 Å². The van der Waals surface area contributed by atoms with Crippen LogP contribution in [0.15, 0.2) is 47.7 Å². The topological polar surface area (TPSA) is 109 Å². The first-order valence-electron chi connectivity index (χ1n) is 14.0. The molecular weight excluding hydrogens is 646 g/mol. The molecule has 226 valence electrons. The molecule has 3 aliphatic rings. The lowest BCUT2D eigenvalue weighted by molar-refractivity contribution is 0.136. The SMILES string of the molecule is N#Cc1cnc2c(Cl)cc(N[C@H](C3=CNNN3)c3csc4c3CCN(C3CCOC3)C4)cc2c1Nc1ccc(Cl)c(Cl)c1F. The molecule has 0 aliphatic carbocycles. The molecule has 0 radical (unpaired) electrons. The van der Waals surface area contributed by atoms with Gasteiger partial charge >= 0.3 is 0 Å². The molecule has 1 fully saturated rings. The molecule has 5 N–H and O–H groups in total. The van der Waals surface area contributed by atoms with Crippen molar-refractivity contribution in [2.45, 2.75) is 31.5 Å². The summed E-state index contributed by atoms with van der Waals surface area (Å²) in [6.07, 6.45) is 5.30. The molecule has 2 atom stereocenters. The van der Waals surface area contributed by atoms with Crippen LogP contribution in [0.2, 0.25) is 15.1 Å². The van der Waals surface area contributed by atoms with Crippen LogP contribution in [0, 0.1) is 17.1 Å². The average molecular weight is 672 g/mol. The highest BCUT2D eigenvalue weighted by Crippen LogP contribution is 2.41. The van der Waals surface area contributed by atoms with Crippen molar-refractivity contribution in [3.63, 3.8) is 0 Å². The number of thiophene rings is 1. The summed E-state index contributed by atoms with van der Waals surface area (Å²) in [5, 5.41) is 19.6. The van der Waals surface area contributed by atoms with Crippen molar-refractivity contribution < 1.29 is 9.13 Å². The largest absolute Gasteiger partial charge is 0.380 e. The number of rotatable bonds is 7. The minimum absolute atomic E-state index is 0.0660. The lowest BCUT2D eigenvalue weighted by atomic mass is 9.95. The van der Waals surface area contributed by atoms with Crippen LogP contribution in [0.1, 0.15) is 34.0 Å². The Morgan fingerprint density at radius 1 is 1.23 bits per heavy atom. The molecule has 2 aromatic heterocycles. The minimum atomic E-state index is -0.728. The van der Waals surface area contributed by atoms with Crippen molar-refractivity contribution in [2.75, 3.05) is 30.4 Å². The van der Waals surface area contributed by atoms with E-state index in [2.05, 4.69) is 48.4 Å². The van der Waals surface area contributed by atoms with Gasteiger partial charge in [0, 0.05) is 54.1 Å². The van der Waals surface area contributed by atoms with Crippen LogP contribution in [-0.4, -0.2) is 35.7 Å². The second-order valence-corrected chi connectivity index (χ2v) is 12.9. The standard InChI is InChI=1S/C30H26Cl3FN8OS/c31-21-1-2-23(27(34)26(21)33)39-28-15(9-35)10-36-29-19(28)7-16(8-22(29)32)38-30(24-11-37-41-40-24)20-14-44-25-12-42(5-3-18(20)25)17-4-6-43-13-17/h1-2,7-8,10-11,14,17,30,37-38,40-41H,3-6,12-13H2,(H,36,39)/t17?,30-/m0/s1. The number of hydrazine groups is 2. The first-order chi connectivity index (χ1) is 21.4. The molecule has 4 aromatic rings. The molecule has 1 unspecified atom stereocenters. The zero-order chi connectivity index (χ0) is 30.4. The van der Waals surface area contributed by atoms with Crippen LogP contribution < -0.4 is 27.0 Å². The summed E-state index contributed by atoms with van der Waals surface area (Å²) in [5.74, 6) is -0.728. The Labute approximate surface area is 271 Å².